The molecule has 1 aliphatic heterocycles. The quantitative estimate of drug-likeness (QED) is 0.599. The molecule has 0 bridgehead atoms. The number of ether oxygens (including phenoxy) is 2. The van der Waals surface area contributed by atoms with Gasteiger partial charge in [0.15, 0.2) is 0 Å². The van der Waals surface area contributed by atoms with Crippen molar-refractivity contribution in [3.63, 3.8) is 0 Å². The van der Waals surface area contributed by atoms with E-state index < -0.39 is 5.25 Å². The highest BCUT2D eigenvalue weighted by Gasteiger charge is 2.40. The van der Waals surface area contributed by atoms with E-state index in [9.17, 15) is 9.59 Å². The zero-order chi connectivity index (χ0) is 19.6. The minimum Gasteiger partial charge on any atom is -0.496 e. The Morgan fingerprint density at radius 1 is 1.11 bits per heavy atom. The molecule has 0 N–H and O–H groups in total. The first kappa shape index (κ1) is 20.0. The molecular weight excluding hydrogens is 454 g/mol. The second kappa shape index (κ2) is 8.54. The van der Waals surface area contributed by atoms with Crippen LogP contribution in [0.3, 0.4) is 0 Å². The van der Waals surface area contributed by atoms with Crippen LogP contribution < -0.4 is 9.47 Å². The molecule has 0 radical (unpaired) electrons. The number of nitrogens with zero attached hydrogens (tertiary/aromatic N) is 1. The van der Waals surface area contributed by atoms with E-state index in [2.05, 4.69) is 15.9 Å². The maximum Gasteiger partial charge on any atom is 0.289 e. The number of thioether (sulfide) groups is 1. The van der Waals surface area contributed by atoms with Crippen LogP contribution in [0.25, 0.3) is 0 Å². The van der Waals surface area contributed by atoms with Crippen LogP contribution in [-0.2, 0) is 17.8 Å². The molecule has 2 amide bonds. The summed E-state index contributed by atoms with van der Waals surface area (Å²) < 4.78 is 11.4. The summed E-state index contributed by atoms with van der Waals surface area (Å²) in [5, 5.41) is -0.238. The van der Waals surface area contributed by atoms with Crippen molar-refractivity contribution in [2.75, 3.05) is 14.2 Å². The molecule has 1 heterocycles. The van der Waals surface area contributed by atoms with Crippen LogP contribution in [0.15, 0.2) is 40.9 Å². The topological polar surface area (TPSA) is 55.8 Å². The summed E-state index contributed by atoms with van der Waals surface area (Å²) in [7, 11) is 3.13. The normalized spacial score (nSPS) is 16.7. The summed E-state index contributed by atoms with van der Waals surface area (Å²) in [6.45, 7) is 0.171. The van der Waals surface area contributed by atoms with Crippen molar-refractivity contribution in [3.8, 4) is 11.5 Å². The summed E-state index contributed by atoms with van der Waals surface area (Å²) in [5.41, 5.74) is 1.57. The molecule has 142 valence electrons. The highest BCUT2D eigenvalue weighted by molar-refractivity contribution is 9.10. The van der Waals surface area contributed by atoms with E-state index in [4.69, 9.17) is 21.1 Å². The Hall–Kier alpha value is -1.70. The lowest BCUT2D eigenvalue weighted by Gasteiger charge is -2.16. The maximum atomic E-state index is 12.8. The molecule has 1 aliphatic rings. The number of imide groups is 1. The van der Waals surface area contributed by atoms with Gasteiger partial charge in [0, 0.05) is 11.1 Å². The zero-order valence-electron chi connectivity index (χ0n) is 14.7. The van der Waals surface area contributed by atoms with Crippen LogP contribution >= 0.6 is 39.3 Å². The third kappa shape index (κ3) is 4.25. The summed E-state index contributed by atoms with van der Waals surface area (Å²) in [6, 6.07) is 10.8. The smallest absolute Gasteiger partial charge is 0.289 e. The second-order valence-electron chi connectivity index (χ2n) is 5.89. The molecule has 0 aliphatic carbocycles. The van der Waals surface area contributed by atoms with Crippen molar-refractivity contribution in [2.45, 2.75) is 18.2 Å². The SMILES string of the molecule is COc1cc(OC)c(C[C@H]2SC(=O)N(Cc3ccccc3Cl)C2=O)cc1Br. The van der Waals surface area contributed by atoms with Crippen LogP contribution in [0, 0.1) is 0 Å². The van der Waals surface area contributed by atoms with Gasteiger partial charge >= 0.3 is 0 Å². The minimum atomic E-state index is -0.505. The molecule has 5 nitrogen and oxygen atoms in total. The molecule has 1 atom stereocenters. The highest BCUT2D eigenvalue weighted by Crippen LogP contribution is 2.37. The first-order chi connectivity index (χ1) is 12.9. The molecule has 27 heavy (non-hydrogen) atoms. The molecule has 2 aromatic rings. The van der Waals surface area contributed by atoms with Gasteiger partial charge in [0.2, 0.25) is 5.91 Å². The van der Waals surface area contributed by atoms with Gasteiger partial charge in [0.25, 0.3) is 5.24 Å². The fraction of sp³-hybridized carbons (Fsp3) is 0.263. The molecule has 0 aromatic heterocycles. The molecule has 8 heteroatoms. The van der Waals surface area contributed by atoms with E-state index in [1.807, 2.05) is 24.3 Å². The fourth-order valence-electron chi connectivity index (χ4n) is 2.85. The lowest BCUT2D eigenvalue weighted by molar-refractivity contribution is -0.127. The Morgan fingerprint density at radius 3 is 2.48 bits per heavy atom. The van der Waals surface area contributed by atoms with E-state index in [1.54, 1.807) is 26.4 Å². The lowest BCUT2D eigenvalue weighted by atomic mass is 10.1. The second-order valence-corrected chi connectivity index (χ2v) is 8.31. The molecular formula is C19H17BrClNO4S. The van der Waals surface area contributed by atoms with Crippen LogP contribution in [0.5, 0.6) is 11.5 Å². The Labute approximate surface area is 175 Å². The maximum absolute atomic E-state index is 12.8. The van der Waals surface area contributed by atoms with Crippen molar-refractivity contribution in [1.29, 1.82) is 0 Å². The third-order valence-electron chi connectivity index (χ3n) is 4.25. The molecule has 0 saturated carbocycles. The number of rotatable bonds is 6. The van der Waals surface area contributed by atoms with E-state index in [1.165, 1.54) is 4.90 Å². The molecule has 1 fully saturated rings. The Morgan fingerprint density at radius 2 is 1.81 bits per heavy atom. The number of hydrogen-bond donors (Lipinski definition) is 0. The Kier molecular flexibility index (Phi) is 6.34. The van der Waals surface area contributed by atoms with Gasteiger partial charge in [-0.2, -0.15) is 0 Å². The Bertz CT molecular complexity index is 892. The van der Waals surface area contributed by atoms with Gasteiger partial charge in [-0.25, -0.2) is 0 Å². The monoisotopic (exact) mass is 469 g/mol. The average molecular weight is 471 g/mol. The van der Waals surface area contributed by atoms with E-state index in [-0.39, 0.29) is 17.7 Å². The predicted octanol–water partition coefficient (Wildman–Crippen LogP) is 4.93. The first-order valence-corrected chi connectivity index (χ1v) is 10.2. The summed E-state index contributed by atoms with van der Waals surface area (Å²) in [5.74, 6) is 1.02. The van der Waals surface area contributed by atoms with Gasteiger partial charge in [-0.15, -0.1) is 0 Å². The third-order valence-corrected chi connectivity index (χ3v) is 6.31. The van der Waals surface area contributed by atoms with E-state index in [0.717, 1.165) is 27.4 Å². The predicted molar refractivity (Wildman–Crippen MR) is 110 cm³/mol. The highest BCUT2D eigenvalue weighted by atomic mass is 79.9. The van der Waals surface area contributed by atoms with Crippen LogP contribution in [-0.4, -0.2) is 35.5 Å². The number of carbonyl (C=O) groups is 2. The number of carbonyl (C=O) groups excluding carboxylic acids is 2. The minimum absolute atomic E-state index is 0.171. The fourth-order valence-corrected chi connectivity index (χ4v) is 4.61. The zero-order valence-corrected chi connectivity index (χ0v) is 17.9. The number of methoxy groups -OCH3 is 2. The number of halogens is 2. The molecule has 0 spiro atoms. The van der Waals surface area contributed by atoms with Gasteiger partial charge in [-0.05, 0) is 45.6 Å². The van der Waals surface area contributed by atoms with Gasteiger partial charge < -0.3 is 9.47 Å². The first-order valence-electron chi connectivity index (χ1n) is 8.10. The lowest BCUT2D eigenvalue weighted by Crippen LogP contribution is -2.31. The number of benzene rings is 2. The van der Waals surface area contributed by atoms with Crippen molar-refractivity contribution in [2.24, 2.45) is 0 Å². The number of hydrogen-bond acceptors (Lipinski definition) is 5. The molecule has 1 saturated heterocycles. The largest absolute Gasteiger partial charge is 0.496 e. The van der Waals surface area contributed by atoms with Gasteiger partial charge in [-0.1, -0.05) is 41.6 Å². The summed E-state index contributed by atoms with van der Waals surface area (Å²) >= 11 is 10.6. The van der Waals surface area contributed by atoms with Gasteiger partial charge in [-0.3, -0.25) is 14.5 Å². The van der Waals surface area contributed by atoms with Crippen molar-refractivity contribution < 1.29 is 19.1 Å². The van der Waals surface area contributed by atoms with Crippen LogP contribution in [0.1, 0.15) is 11.1 Å². The molecule has 2 aromatic carbocycles. The number of amides is 2. The standard InChI is InChI=1S/C19H17BrClNO4S/c1-25-15-9-16(26-2)13(20)7-12(15)8-17-18(23)22(19(24)27-17)10-11-5-3-4-6-14(11)21/h3-7,9,17H,8,10H2,1-2H3/t17-/m1/s1. The van der Waals surface area contributed by atoms with Gasteiger partial charge in [0.05, 0.1) is 30.5 Å². The van der Waals surface area contributed by atoms with Crippen LogP contribution in [0.2, 0.25) is 5.02 Å². The van der Waals surface area contributed by atoms with E-state index >= 15 is 0 Å². The molecule has 3 rings (SSSR count). The summed E-state index contributed by atoms with van der Waals surface area (Å²) in [4.78, 5) is 26.4. The van der Waals surface area contributed by atoms with Crippen LogP contribution in [0.4, 0.5) is 4.79 Å². The van der Waals surface area contributed by atoms with Crippen molar-refractivity contribution >= 4 is 50.4 Å². The summed E-state index contributed by atoms with van der Waals surface area (Å²) in [6.07, 6.45) is 0.375. The van der Waals surface area contributed by atoms with Gasteiger partial charge in [0.1, 0.15) is 11.5 Å². The Balaban J connectivity index is 1.80. The van der Waals surface area contributed by atoms with Crippen molar-refractivity contribution in [3.05, 3.63) is 57.0 Å². The van der Waals surface area contributed by atoms with Crippen molar-refractivity contribution in [1.82, 2.24) is 4.90 Å². The molecule has 0 unspecified atom stereocenters. The van der Waals surface area contributed by atoms with E-state index in [0.29, 0.717) is 22.9 Å². The average Bonchev–Trinajstić information content (AvgIpc) is 2.91.